The summed E-state index contributed by atoms with van der Waals surface area (Å²) in [5.74, 6) is 1.21. The molecule has 0 atom stereocenters. The molecule has 1 saturated carbocycles. The van der Waals surface area contributed by atoms with Crippen molar-refractivity contribution in [3.05, 3.63) is 35.3 Å². The topological polar surface area (TPSA) is 100 Å². The first kappa shape index (κ1) is 23.3. The van der Waals surface area contributed by atoms with E-state index in [4.69, 9.17) is 0 Å². The fourth-order valence-electron chi connectivity index (χ4n) is 3.54. The third-order valence-electron chi connectivity index (χ3n) is 4.97. The van der Waals surface area contributed by atoms with E-state index in [1.54, 1.807) is 24.3 Å². The fraction of sp³-hybridized carbons (Fsp3) is 0.455. The summed E-state index contributed by atoms with van der Waals surface area (Å²) in [6.07, 6.45) is 6.62. The lowest BCUT2D eigenvalue weighted by Gasteiger charge is -2.20. The quantitative estimate of drug-likeness (QED) is 0.495. The van der Waals surface area contributed by atoms with Gasteiger partial charge in [0.25, 0.3) is 0 Å². The van der Waals surface area contributed by atoms with Crippen molar-refractivity contribution in [1.29, 1.82) is 0 Å². The van der Waals surface area contributed by atoms with Gasteiger partial charge < -0.3 is 16.0 Å². The zero-order valence-electron chi connectivity index (χ0n) is 17.6. The molecule has 0 aliphatic heterocycles. The largest absolute Gasteiger partial charge is 0.326 e. The molecule has 3 amide bonds. The minimum atomic E-state index is -0.137. The molecule has 1 heterocycles. The maximum atomic E-state index is 12.2. The van der Waals surface area contributed by atoms with Gasteiger partial charge in [-0.05, 0) is 43.0 Å². The number of carbonyl (C=O) groups excluding carboxylic acids is 3. The summed E-state index contributed by atoms with van der Waals surface area (Å²) in [6, 6.07) is 6.97. The van der Waals surface area contributed by atoms with Crippen molar-refractivity contribution in [3.63, 3.8) is 0 Å². The molecule has 7 nitrogen and oxygen atoms in total. The first-order valence-electron chi connectivity index (χ1n) is 10.5. The minimum Gasteiger partial charge on any atom is -0.326 e. The molecule has 1 aromatic heterocycles. The van der Waals surface area contributed by atoms with Gasteiger partial charge >= 0.3 is 0 Å². The van der Waals surface area contributed by atoms with Crippen LogP contribution in [0, 0.1) is 5.92 Å². The summed E-state index contributed by atoms with van der Waals surface area (Å²) in [7, 11) is 0. The highest BCUT2D eigenvalue weighted by Gasteiger charge is 2.17. The summed E-state index contributed by atoms with van der Waals surface area (Å²) in [4.78, 5) is 39.8. The number of nitrogens with zero attached hydrogens (tertiary/aromatic N) is 1. The molecule has 0 unspecified atom stereocenters. The highest BCUT2D eigenvalue weighted by atomic mass is 32.2. The second kappa shape index (κ2) is 11.9. The molecule has 0 saturated heterocycles. The first-order valence-corrected chi connectivity index (χ1v) is 12.5. The normalized spacial score (nSPS) is 14.1. The van der Waals surface area contributed by atoms with Gasteiger partial charge in [0, 0.05) is 35.9 Å². The molecule has 3 N–H and O–H groups in total. The zero-order chi connectivity index (χ0) is 22.1. The average Bonchev–Trinajstić information content (AvgIpc) is 3.17. The van der Waals surface area contributed by atoms with Crippen LogP contribution in [0.2, 0.25) is 0 Å². The number of amides is 3. The second-order valence-electron chi connectivity index (χ2n) is 7.70. The maximum absolute atomic E-state index is 12.2. The molecule has 1 aliphatic rings. The first-order chi connectivity index (χ1) is 15.0. The lowest BCUT2D eigenvalue weighted by Crippen LogP contribution is -2.18. The Morgan fingerprint density at radius 2 is 1.68 bits per heavy atom. The predicted molar refractivity (Wildman–Crippen MR) is 127 cm³/mol. The minimum absolute atomic E-state index is 0.0457. The molecule has 0 bridgehead atoms. The molecular weight excluding hydrogens is 432 g/mol. The molecule has 0 radical (unpaired) electrons. The number of hydrogen-bond acceptors (Lipinski definition) is 6. The Bertz CT molecular complexity index is 892. The number of thioether (sulfide) groups is 1. The SMILES string of the molecule is CC(=O)Nc1ccc(NC(=O)CSCc2csc(NC(=O)CC3CCCCC3)n2)cc1. The Balaban J connectivity index is 1.35. The number of aromatic nitrogens is 1. The number of thiazole rings is 1. The number of hydrogen-bond donors (Lipinski definition) is 3. The van der Waals surface area contributed by atoms with Crippen LogP contribution in [0.5, 0.6) is 0 Å². The third-order valence-corrected chi connectivity index (χ3v) is 6.74. The van der Waals surface area contributed by atoms with Crippen molar-refractivity contribution in [2.75, 3.05) is 21.7 Å². The van der Waals surface area contributed by atoms with E-state index in [1.807, 2.05) is 5.38 Å². The zero-order valence-corrected chi connectivity index (χ0v) is 19.2. The van der Waals surface area contributed by atoms with Crippen LogP contribution in [0.15, 0.2) is 29.6 Å². The Hall–Kier alpha value is -2.39. The molecule has 1 fully saturated rings. The van der Waals surface area contributed by atoms with Gasteiger partial charge in [0.15, 0.2) is 5.13 Å². The highest BCUT2D eigenvalue weighted by Crippen LogP contribution is 2.27. The molecule has 3 rings (SSSR count). The Morgan fingerprint density at radius 3 is 2.35 bits per heavy atom. The average molecular weight is 461 g/mol. The molecule has 1 aliphatic carbocycles. The van der Waals surface area contributed by atoms with Gasteiger partial charge in [0.1, 0.15) is 0 Å². The molecule has 166 valence electrons. The summed E-state index contributed by atoms with van der Waals surface area (Å²) < 4.78 is 0. The van der Waals surface area contributed by atoms with Crippen molar-refractivity contribution >= 4 is 57.3 Å². The molecule has 2 aromatic rings. The number of nitrogens with one attached hydrogen (secondary N) is 3. The fourth-order valence-corrected chi connectivity index (χ4v) is 5.09. The van der Waals surface area contributed by atoms with E-state index in [0.717, 1.165) is 18.5 Å². The van der Waals surface area contributed by atoms with Crippen molar-refractivity contribution in [2.24, 2.45) is 5.92 Å². The van der Waals surface area contributed by atoms with Crippen LogP contribution in [0.4, 0.5) is 16.5 Å². The maximum Gasteiger partial charge on any atom is 0.234 e. The summed E-state index contributed by atoms with van der Waals surface area (Å²) in [5, 5.41) is 11.0. The van der Waals surface area contributed by atoms with Gasteiger partial charge in [0.2, 0.25) is 17.7 Å². The van der Waals surface area contributed by atoms with Crippen LogP contribution in [0.3, 0.4) is 0 Å². The van der Waals surface area contributed by atoms with Crippen molar-refractivity contribution in [3.8, 4) is 0 Å². The number of benzene rings is 1. The highest BCUT2D eigenvalue weighted by molar-refractivity contribution is 7.99. The van der Waals surface area contributed by atoms with E-state index in [0.29, 0.717) is 40.4 Å². The van der Waals surface area contributed by atoms with Gasteiger partial charge in [-0.2, -0.15) is 0 Å². The lowest BCUT2D eigenvalue weighted by molar-refractivity contribution is -0.117. The van der Waals surface area contributed by atoms with Gasteiger partial charge in [0.05, 0.1) is 11.4 Å². The number of carbonyl (C=O) groups is 3. The molecule has 31 heavy (non-hydrogen) atoms. The van der Waals surface area contributed by atoms with Gasteiger partial charge in [-0.15, -0.1) is 23.1 Å². The van der Waals surface area contributed by atoms with Crippen LogP contribution < -0.4 is 16.0 Å². The van der Waals surface area contributed by atoms with Gasteiger partial charge in [-0.3, -0.25) is 14.4 Å². The second-order valence-corrected chi connectivity index (χ2v) is 9.54. The Kier molecular flexibility index (Phi) is 8.90. The van der Waals surface area contributed by atoms with E-state index >= 15 is 0 Å². The summed E-state index contributed by atoms with van der Waals surface area (Å²) in [5.41, 5.74) is 2.22. The van der Waals surface area contributed by atoms with Crippen LogP contribution in [-0.4, -0.2) is 28.5 Å². The van der Waals surface area contributed by atoms with E-state index < -0.39 is 0 Å². The van der Waals surface area contributed by atoms with Crippen LogP contribution in [-0.2, 0) is 20.1 Å². The number of rotatable bonds is 9. The van der Waals surface area contributed by atoms with Crippen LogP contribution in [0.25, 0.3) is 0 Å². The lowest BCUT2D eigenvalue weighted by atomic mass is 9.87. The monoisotopic (exact) mass is 460 g/mol. The molecular formula is C22H28N4O3S2. The van der Waals surface area contributed by atoms with Gasteiger partial charge in [-0.25, -0.2) is 4.98 Å². The third kappa shape index (κ3) is 8.34. The summed E-state index contributed by atoms with van der Waals surface area (Å²) >= 11 is 2.89. The number of anilines is 3. The van der Waals surface area contributed by atoms with Crippen molar-refractivity contribution in [1.82, 2.24) is 4.98 Å². The molecule has 1 aromatic carbocycles. The van der Waals surface area contributed by atoms with E-state index in [2.05, 4.69) is 20.9 Å². The Morgan fingerprint density at radius 1 is 1.00 bits per heavy atom. The van der Waals surface area contributed by atoms with E-state index in [-0.39, 0.29) is 17.7 Å². The summed E-state index contributed by atoms with van der Waals surface area (Å²) in [6.45, 7) is 1.45. The molecule has 9 heteroatoms. The van der Waals surface area contributed by atoms with Gasteiger partial charge in [-0.1, -0.05) is 19.3 Å². The predicted octanol–water partition coefficient (Wildman–Crippen LogP) is 4.88. The van der Waals surface area contributed by atoms with Crippen molar-refractivity contribution in [2.45, 2.75) is 51.2 Å². The van der Waals surface area contributed by atoms with Crippen LogP contribution in [0.1, 0.15) is 51.1 Å². The van der Waals surface area contributed by atoms with Crippen molar-refractivity contribution < 1.29 is 14.4 Å². The standard InChI is InChI=1S/C22H28N4O3S2/c1-15(27)23-17-7-9-18(10-8-17)24-21(29)14-30-12-19-13-31-22(25-19)26-20(28)11-16-5-3-2-4-6-16/h7-10,13,16H,2-6,11-12,14H2,1H3,(H,23,27)(H,24,29)(H,25,26,28). The molecule has 0 spiro atoms. The Labute approximate surface area is 190 Å². The van der Waals surface area contributed by atoms with Crippen LogP contribution >= 0.6 is 23.1 Å². The van der Waals surface area contributed by atoms with E-state index in [1.165, 1.54) is 49.3 Å². The smallest absolute Gasteiger partial charge is 0.234 e. The van der Waals surface area contributed by atoms with E-state index in [9.17, 15) is 14.4 Å².